The zero-order valence-electron chi connectivity index (χ0n) is 12.0. The summed E-state index contributed by atoms with van der Waals surface area (Å²) in [5, 5.41) is 3.24. The summed E-state index contributed by atoms with van der Waals surface area (Å²) in [5.41, 5.74) is 2.45. The van der Waals surface area contributed by atoms with Crippen LogP contribution in [0.3, 0.4) is 0 Å². The zero-order valence-corrected chi connectivity index (χ0v) is 13.7. The van der Waals surface area contributed by atoms with Crippen molar-refractivity contribution in [3.05, 3.63) is 46.4 Å². The van der Waals surface area contributed by atoms with Crippen molar-refractivity contribution >= 4 is 21.4 Å². The van der Waals surface area contributed by atoms with Crippen molar-refractivity contribution in [2.75, 3.05) is 0 Å². The summed E-state index contributed by atoms with van der Waals surface area (Å²) >= 11 is 1.43. The highest BCUT2D eigenvalue weighted by Gasteiger charge is 2.18. The van der Waals surface area contributed by atoms with E-state index in [0.29, 0.717) is 17.5 Å². The Hall–Kier alpha value is -1.28. The Balaban J connectivity index is 2.15. The molecule has 0 amide bonds. The summed E-state index contributed by atoms with van der Waals surface area (Å²) in [5.74, 6) is 0. The Bertz CT molecular complexity index is 667. The first-order valence-corrected chi connectivity index (χ1v) is 9.03. The standard InChI is InChI=1S/C14H19N3O2S2/c1-11(2)16-7-12-5-3-4-6-14(12)21(18,19)17-9-13-8-15-10-20-13/h3-6,8,10-11,16-17H,7,9H2,1-2H3. The van der Waals surface area contributed by atoms with Crippen LogP contribution in [0.2, 0.25) is 0 Å². The average Bonchev–Trinajstić information content (AvgIpc) is 2.97. The van der Waals surface area contributed by atoms with E-state index in [9.17, 15) is 8.42 Å². The fourth-order valence-corrected chi connectivity index (χ4v) is 3.67. The maximum Gasteiger partial charge on any atom is 0.241 e. The van der Waals surface area contributed by atoms with Crippen molar-refractivity contribution < 1.29 is 8.42 Å². The molecule has 0 spiro atoms. The first-order valence-electron chi connectivity index (χ1n) is 6.67. The highest BCUT2D eigenvalue weighted by molar-refractivity contribution is 7.89. The second-order valence-electron chi connectivity index (χ2n) is 4.94. The minimum atomic E-state index is -3.53. The van der Waals surface area contributed by atoms with Gasteiger partial charge < -0.3 is 5.32 Å². The molecule has 0 aliphatic carbocycles. The quantitative estimate of drug-likeness (QED) is 0.818. The Morgan fingerprint density at radius 2 is 2.00 bits per heavy atom. The third-order valence-electron chi connectivity index (χ3n) is 2.88. The van der Waals surface area contributed by atoms with E-state index < -0.39 is 10.0 Å². The van der Waals surface area contributed by atoms with Crippen molar-refractivity contribution in [2.24, 2.45) is 0 Å². The molecule has 2 aromatic rings. The van der Waals surface area contributed by atoms with E-state index in [0.717, 1.165) is 10.4 Å². The Kier molecular flexibility index (Phi) is 5.46. The number of hydrogen-bond donors (Lipinski definition) is 2. The lowest BCUT2D eigenvalue weighted by Crippen LogP contribution is -2.27. The topological polar surface area (TPSA) is 71.1 Å². The van der Waals surface area contributed by atoms with Crippen molar-refractivity contribution in [3.8, 4) is 0 Å². The van der Waals surface area contributed by atoms with Gasteiger partial charge in [-0.3, -0.25) is 4.98 Å². The van der Waals surface area contributed by atoms with Crippen molar-refractivity contribution in [1.82, 2.24) is 15.0 Å². The number of aromatic nitrogens is 1. The van der Waals surface area contributed by atoms with Gasteiger partial charge in [-0.25, -0.2) is 13.1 Å². The minimum absolute atomic E-state index is 0.263. The van der Waals surface area contributed by atoms with Crippen LogP contribution in [0.25, 0.3) is 0 Å². The molecule has 0 saturated heterocycles. The average molecular weight is 325 g/mol. The number of hydrogen-bond acceptors (Lipinski definition) is 5. The number of nitrogens with zero attached hydrogens (tertiary/aromatic N) is 1. The SMILES string of the molecule is CC(C)NCc1ccccc1S(=O)(=O)NCc1cncs1. The van der Waals surface area contributed by atoms with E-state index in [-0.39, 0.29) is 6.54 Å². The van der Waals surface area contributed by atoms with Crippen LogP contribution in [-0.4, -0.2) is 19.4 Å². The Morgan fingerprint density at radius 1 is 1.24 bits per heavy atom. The third-order valence-corrected chi connectivity index (χ3v) is 5.16. The molecule has 0 aliphatic heterocycles. The van der Waals surface area contributed by atoms with E-state index in [1.165, 1.54) is 11.3 Å². The van der Waals surface area contributed by atoms with Gasteiger partial charge in [0.15, 0.2) is 0 Å². The van der Waals surface area contributed by atoms with Crippen LogP contribution in [0.4, 0.5) is 0 Å². The van der Waals surface area contributed by atoms with Crippen LogP contribution >= 0.6 is 11.3 Å². The normalized spacial score (nSPS) is 12.0. The predicted octanol–water partition coefficient (Wildman–Crippen LogP) is 2.12. The molecule has 0 radical (unpaired) electrons. The first kappa shape index (κ1) is 16.1. The first-order chi connectivity index (χ1) is 9.99. The number of rotatable bonds is 7. The maximum absolute atomic E-state index is 12.4. The molecular weight excluding hydrogens is 306 g/mol. The maximum atomic E-state index is 12.4. The van der Waals surface area contributed by atoms with E-state index in [2.05, 4.69) is 15.0 Å². The van der Waals surface area contributed by atoms with Gasteiger partial charge in [0.05, 0.1) is 10.4 Å². The van der Waals surface area contributed by atoms with Crippen LogP contribution < -0.4 is 10.0 Å². The van der Waals surface area contributed by atoms with Gasteiger partial charge in [0, 0.05) is 30.2 Å². The number of thiazole rings is 1. The van der Waals surface area contributed by atoms with Crippen LogP contribution in [0.15, 0.2) is 40.9 Å². The lowest BCUT2D eigenvalue weighted by atomic mass is 10.2. The Morgan fingerprint density at radius 3 is 2.67 bits per heavy atom. The van der Waals surface area contributed by atoms with Crippen LogP contribution in [0, 0.1) is 0 Å². The zero-order chi connectivity index (χ0) is 15.3. The summed E-state index contributed by atoms with van der Waals surface area (Å²) in [6.07, 6.45) is 1.67. The van der Waals surface area contributed by atoms with Gasteiger partial charge in [-0.2, -0.15) is 0 Å². The van der Waals surface area contributed by atoms with Crippen LogP contribution in [-0.2, 0) is 23.1 Å². The molecule has 0 fully saturated rings. The summed E-state index contributed by atoms with van der Waals surface area (Å²) in [4.78, 5) is 5.14. The molecule has 0 unspecified atom stereocenters. The van der Waals surface area contributed by atoms with Crippen molar-refractivity contribution in [2.45, 2.75) is 37.9 Å². The van der Waals surface area contributed by atoms with Gasteiger partial charge in [-0.15, -0.1) is 11.3 Å². The molecule has 0 bridgehead atoms. The molecule has 114 valence electrons. The molecule has 21 heavy (non-hydrogen) atoms. The van der Waals surface area contributed by atoms with E-state index in [1.807, 2.05) is 26.0 Å². The van der Waals surface area contributed by atoms with Crippen LogP contribution in [0.1, 0.15) is 24.3 Å². The summed E-state index contributed by atoms with van der Waals surface area (Å²) in [6.45, 7) is 4.84. The fraction of sp³-hybridized carbons (Fsp3) is 0.357. The van der Waals surface area contributed by atoms with Crippen molar-refractivity contribution in [3.63, 3.8) is 0 Å². The van der Waals surface area contributed by atoms with E-state index in [1.54, 1.807) is 23.8 Å². The smallest absolute Gasteiger partial charge is 0.241 e. The summed E-state index contributed by atoms with van der Waals surface area (Å²) in [7, 11) is -3.53. The highest BCUT2D eigenvalue weighted by atomic mass is 32.2. The molecule has 0 atom stereocenters. The predicted molar refractivity (Wildman–Crippen MR) is 84.6 cm³/mol. The van der Waals surface area contributed by atoms with Crippen LogP contribution in [0.5, 0.6) is 0 Å². The third kappa shape index (κ3) is 4.60. The van der Waals surface area contributed by atoms with E-state index >= 15 is 0 Å². The number of benzene rings is 1. The minimum Gasteiger partial charge on any atom is -0.310 e. The van der Waals surface area contributed by atoms with Gasteiger partial charge in [-0.1, -0.05) is 32.0 Å². The lowest BCUT2D eigenvalue weighted by molar-refractivity contribution is 0.568. The summed E-state index contributed by atoms with van der Waals surface area (Å²) in [6, 6.07) is 7.34. The molecule has 2 rings (SSSR count). The molecule has 1 aromatic heterocycles. The molecule has 0 saturated carbocycles. The molecular formula is C14H19N3O2S2. The lowest BCUT2D eigenvalue weighted by Gasteiger charge is -2.13. The van der Waals surface area contributed by atoms with Crippen molar-refractivity contribution in [1.29, 1.82) is 0 Å². The van der Waals surface area contributed by atoms with E-state index in [4.69, 9.17) is 0 Å². The van der Waals surface area contributed by atoms with Gasteiger partial charge in [-0.05, 0) is 11.6 Å². The number of nitrogens with one attached hydrogen (secondary N) is 2. The molecule has 1 heterocycles. The fourth-order valence-electron chi connectivity index (χ4n) is 1.80. The van der Waals surface area contributed by atoms with Gasteiger partial charge in [0.2, 0.25) is 10.0 Å². The number of sulfonamides is 1. The molecule has 0 aliphatic rings. The highest BCUT2D eigenvalue weighted by Crippen LogP contribution is 2.16. The van der Waals surface area contributed by atoms with Gasteiger partial charge >= 0.3 is 0 Å². The second-order valence-corrected chi connectivity index (χ2v) is 7.64. The van der Waals surface area contributed by atoms with Gasteiger partial charge in [0.1, 0.15) is 0 Å². The largest absolute Gasteiger partial charge is 0.310 e. The second kappa shape index (κ2) is 7.13. The molecule has 1 aromatic carbocycles. The van der Waals surface area contributed by atoms with Gasteiger partial charge in [0.25, 0.3) is 0 Å². The molecule has 7 heteroatoms. The monoisotopic (exact) mass is 325 g/mol. The Labute approximate surface area is 129 Å². The summed E-state index contributed by atoms with van der Waals surface area (Å²) < 4.78 is 27.5. The molecule has 5 nitrogen and oxygen atoms in total. The molecule has 2 N–H and O–H groups in total.